The van der Waals surface area contributed by atoms with Gasteiger partial charge in [0.25, 0.3) is 0 Å². The Morgan fingerprint density at radius 3 is 2.88 bits per heavy atom. The molecule has 6 heteroatoms. The molecular formula is C19H21N3O3. The van der Waals surface area contributed by atoms with Crippen molar-refractivity contribution in [3.8, 4) is 6.07 Å². The zero-order chi connectivity index (χ0) is 17.6. The summed E-state index contributed by atoms with van der Waals surface area (Å²) >= 11 is 0. The minimum Gasteiger partial charge on any atom is -0.467 e. The van der Waals surface area contributed by atoms with E-state index in [1.807, 2.05) is 12.1 Å². The third-order valence-corrected chi connectivity index (χ3v) is 4.49. The third-order valence-electron chi connectivity index (χ3n) is 4.49. The number of likely N-dealkylation sites (tertiary alicyclic amines) is 1. The van der Waals surface area contributed by atoms with Crippen molar-refractivity contribution >= 4 is 11.7 Å². The van der Waals surface area contributed by atoms with Crippen LogP contribution in [0.25, 0.3) is 0 Å². The van der Waals surface area contributed by atoms with Gasteiger partial charge in [-0.1, -0.05) is 12.1 Å². The SMILES string of the molecule is N#CCc1ccc(NC(=O)N2CCCC2CC(O)c2ccco2)cc1. The molecule has 2 heterocycles. The number of nitrogens with one attached hydrogen (secondary N) is 1. The number of carbonyl (C=O) groups excluding carboxylic acids is 1. The van der Waals surface area contributed by atoms with Crippen molar-refractivity contribution in [1.29, 1.82) is 5.26 Å². The van der Waals surface area contributed by atoms with E-state index in [1.54, 1.807) is 29.2 Å². The number of benzene rings is 1. The van der Waals surface area contributed by atoms with E-state index in [4.69, 9.17) is 9.68 Å². The maximum absolute atomic E-state index is 12.6. The second kappa shape index (κ2) is 7.86. The van der Waals surface area contributed by atoms with Gasteiger partial charge in [-0.25, -0.2) is 4.79 Å². The second-order valence-electron chi connectivity index (χ2n) is 6.22. The van der Waals surface area contributed by atoms with Crippen molar-refractivity contribution in [2.75, 3.05) is 11.9 Å². The minimum atomic E-state index is -0.710. The Balaban J connectivity index is 1.59. The van der Waals surface area contributed by atoms with Crippen molar-refractivity contribution in [1.82, 2.24) is 4.90 Å². The van der Waals surface area contributed by atoms with Gasteiger partial charge in [-0.05, 0) is 42.7 Å². The first-order valence-corrected chi connectivity index (χ1v) is 8.42. The van der Waals surface area contributed by atoms with Gasteiger partial charge in [0.2, 0.25) is 0 Å². The van der Waals surface area contributed by atoms with Crippen LogP contribution in [0.4, 0.5) is 10.5 Å². The summed E-state index contributed by atoms with van der Waals surface area (Å²) in [6.07, 6.45) is 3.43. The number of aliphatic hydroxyl groups is 1. The first-order valence-electron chi connectivity index (χ1n) is 8.42. The smallest absolute Gasteiger partial charge is 0.322 e. The van der Waals surface area contributed by atoms with E-state index in [1.165, 1.54) is 6.26 Å². The van der Waals surface area contributed by atoms with Gasteiger partial charge in [-0.3, -0.25) is 0 Å². The molecule has 1 aromatic carbocycles. The predicted octanol–water partition coefficient (Wildman–Crippen LogP) is 3.47. The molecule has 0 saturated carbocycles. The van der Waals surface area contributed by atoms with Crippen LogP contribution in [-0.4, -0.2) is 28.6 Å². The van der Waals surface area contributed by atoms with Crippen LogP contribution in [0.5, 0.6) is 0 Å². The Kier molecular flexibility index (Phi) is 5.36. The van der Waals surface area contributed by atoms with E-state index in [0.717, 1.165) is 18.4 Å². The summed E-state index contributed by atoms with van der Waals surface area (Å²) in [4.78, 5) is 14.3. The summed E-state index contributed by atoms with van der Waals surface area (Å²) in [7, 11) is 0. The lowest BCUT2D eigenvalue weighted by Crippen LogP contribution is -2.39. The standard InChI is InChI=1S/C19H21N3O3/c20-10-9-14-5-7-15(8-6-14)21-19(24)22-11-1-3-16(22)13-17(23)18-4-2-12-25-18/h2,4-8,12,16-17,23H,1,3,9,11,13H2,(H,21,24). The molecule has 1 aromatic heterocycles. The van der Waals surface area contributed by atoms with E-state index < -0.39 is 6.10 Å². The van der Waals surface area contributed by atoms with Crippen LogP contribution in [0.3, 0.4) is 0 Å². The van der Waals surface area contributed by atoms with E-state index in [2.05, 4.69) is 11.4 Å². The fourth-order valence-corrected chi connectivity index (χ4v) is 3.20. The molecule has 2 amide bonds. The summed E-state index contributed by atoms with van der Waals surface area (Å²) in [6, 6.07) is 12.7. The Hall–Kier alpha value is -2.78. The van der Waals surface area contributed by atoms with Crippen molar-refractivity contribution in [2.45, 2.75) is 37.8 Å². The number of nitriles is 1. The number of anilines is 1. The van der Waals surface area contributed by atoms with Crippen molar-refractivity contribution in [3.05, 3.63) is 54.0 Å². The van der Waals surface area contributed by atoms with E-state index >= 15 is 0 Å². The molecule has 1 aliphatic rings. The molecule has 2 aromatic rings. The highest BCUT2D eigenvalue weighted by atomic mass is 16.4. The number of hydrogen-bond acceptors (Lipinski definition) is 4. The fourth-order valence-electron chi connectivity index (χ4n) is 3.20. The van der Waals surface area contributed by atoms with E-state index in [-0.39, 0.29) is 12.1 Å². The highest BCUT2D eigenvalue weighted by molar-refractivity contribution is 5.89. The van der Waals surface area contributed by atoms with Crippen LogP contribution in [0.2, 0.25) is 0 Å². The third kappa shape index (κ3) is 4.20. The molecule has 1 fully saturated rings. The lowest BCUT2D eigenvalue weighted by molar-refractivity contribution is 0.110. The predicted molar refractivity (Wildman–Crippen MR) is 92.8 cm³/mol. The van der Waals surface area contributed by atoms with Gasteiger partial charge in [-0.15, -0.1) is 0 Å². The first-order chi connectivity index (χ1) is 12.2. The summed E-state index contributed by atoms with van der Waals surface area (Å²) < 4.78 is 5.24. The summed E-state index contributed by atoms with van der Waals surface area (Å²) in [5.41, 5.74) is 1.62. The highest BCUT2D eigenvalue weighted by Crippen LogP contribution is 2.28. The first kappa shape index (κ1) is 17.1. The van der Waals surface area contributed by atoms with Crippen molar-refractivity contribution in [3.63, 3.8) is 0 Å². The average molecular weight is 339 g/mol. The largest absolute Gasteiger partial charge is 0.467 e. The van der Waals surface area contributed by atoms with Crippen LogP contribution in [0, 0.1) is 11.3 Å². The van der Waals surface area contributed by atoms with E-state index in [9.17, 15) is 9.90 Å². The molecule has 130 valence electrons. The molecule has 1 saturated heterocycles. The lowest BCUT2D eigenvalue weighted by Gasteiger charge is -2.26. The second-order valence-corrected chi connectivity index (χ2v) is 6.22. The van der Waals surface area contributed by atoms with Crippen LogP contribution < -0.4 is 5.32 Å². The molecule has 25 heavy (non-hydrogen) atoms. The number of carbonyl (C=O) groups is 1. The maximum atomic E-state index is 12.6. The number of nitrogens with zero attached hydrogens (tertiary/aromatic N) is 2. The maximum Gasteiger partial charge on any atom is 0.322 e. The number of urea groups is 1. The quantitative estimate of drug-likeness (QED) is 0.873. The summed E-state index contributed by atoms with van der Waals surface area (Å²) in [6.45, 7) is 0.674. The number of amides is 2. The number of rotatable bonds is 5. The van der Waals surface area contributed by atoms with Gasteiger partial charge in [0.15, 0.2) is 0 Å². The van der Waals surface area contributed by atoms with E-state index in [0.29, 0.717) is 30.8 Å². The normalized spacial score (nSPS) is 17.9. The van der Waals surface area contributed by atoms with Gasteiger partial charge >= 0.3 is 6.03 Å². The van der Waals surface area contributed by atoms with Gasteiger partial charge in [0.05, 0.1) is 18.8 Å². The van der Waals surface area contributed by atoms with Crippen molar-refractivity contribution < 1.29 is 14.3 Å². The van der Waals surface area contributed by atoms with Gasteiger partial charge in [0.1, 0.15) is 11.9 Å². The number of aliphatic hydroxyl groups excluding tert-OH is 1. The molecule has 0 spiro atoms. The van der Waals surface area contributed by atoms with Gasteiger partial charge in [-0.2, -0.15) is 5.26 Å². The Morgan fingerprint density at radius 1 is 1.40 bits per heavy atom. The number of hydrogen-bond donors (Lipinski definition) is 2. The lowest BCUT2D eigenvalue weighted by atomic mass is 10.1. The number of furan rings is 1. The van der Waals surface area contributed by atoms with Crippen LogP contribution in [0.15, 0.2) is 47.1 Å². The van der Waals surface area contributed by atoms with Crippen LogP contribution >= 0.6 is 0 Å². The Bertz CT molecular complexity index is 734. The highest BCUT2D eigenvalue weighted by Gasteiger charge is 2.31. The summed E-state index contributed by atoms with van der Waals surface area (Å²) in [5, 5.41) is 21.8. The monoisotopic (exact) mass is 339 g/mol. The summed E-state index contributed by atoms with van der Waals surface area (Å²) in [5.74, 6) is 0.528. The average Bonchev–Trinajstić information content (AvgIpc) is 3.28. The molecule has 1 aliphatic heterocycles. The van der Waals surface area contributed by atoms with Crippen LogP contribution in [-0.2, 0) is 6.42 Å². The Morgan fingerprint density at radius 2 is 2.20 bits per heavy atom. The zero-order valence-electron chi connectivity index (χ0n) is 13.9. The molecule has 3 rings (SSSR count). The molecule has 6 nitrogen and oxygen atoms in total. The molecule has 2 atom stereocenters. The molecule has 0 aliphatic carbocycles. The topological polar surface area (TPSA) is 89.5 Å². The van der Waals surface area contributed by atoms with Gasteiger partial charge < -0.3 is 19.7 Å². The van der Waals surface area contributed by atoms with Crippen molar-refractivity contribution in [2.24, 2.45) is 0 Å². The molecule has 2 N–H and O–H groups in total. The minimum absolute atomic E-state index is 0.0158. The molecule has 2 unspecified atom stereocenters. The molecule has 0 bridgehead atoms. The Labute approximate surface area is 146 Å². The van der Waals surface area contributed by atoms with Crippen LogP contribution in [0.1, 0.15) is 36.7 Å². The van der Waals surface area contributed by atoms with Gasteiger partial charge in [0, 0.05) is 24.7 Å². The molecular weight excluding hydrogens is 318 g/mol. The molecule has 0 radical (unpaired) electrons. The fraction of sp³-hybridized carbons (Fsp3) is 0.368. The zero-order valence-corrected chi connectivity index (χ0v) is 13.9.